The average molecular weight is 455 g/mol. The minimum Gasteiger partial charge on any atom is -0.494 e. The van der Waals surface area contributed by atoms with Crippen LogP contribution in [0.2, 0.25) is 5.02 Å². The number of nitrogens with one attached hydrogen (secondary N) is 1. The van der Waals surface area contributed by atoms with Crippen molar-refractivity contribution in [2.75, 3.05) is 19.7 Å². The molecule has 0 radical (unpaired) electrons. The van der Waals surface area contributed by atoms with Crippen molar-refractivity contribution in [2.24, 2.45) is 5.92 Å². The number of amides is 1. The van der Waals surface area contributed by atoms with Gasteiger partial charge in [0.15, 0.2) is 0 Å². The van der Waals surface area contributed by atoms with Crippen LogP contribution in [0, 0.1) is 5.92 Å². The van der Waals surface area contributed by atoms with Gasteiger partial charge in [-0.1, -0.05) is 47.1 Å². The smallest absolute Gasteiger partial charge is 0.241 e. The highest BCUT2D eigenvalue weighted by Crippen LogP contribution is 2.23. The summed E-state index contributed by atoms with van der Waals surface area (Å²) >= 11 is 6.04. The van der Waals surface area contributed by atoms with E-state index in [2.05, 4.69) is 20.4 Å². The van der Waals surface area contributed by atoms with E-state index in [9.17, 15) is 4.79 Å². The van der Waals surface area contributed by atoms with Crippen molar-refractivity contribution in [1.82, 2.24) is 20.4 Å². The number of carbonyl (C=O) groups is 1. The highest BCUT2D eigenvalue weighted by atomic mass is 35.5. The standard InChI is InChI=1S/C24H27ClN4O3/c1-2-31-21-9-4-3-6-19(21)15-26-24(30)17-10-12-29(13-11-17)16-22-27-23(28-32-22)18-7-5-8-20(25)14-18/h3-9,14,17H,2,10-13,15-16H2,1H3,(H,26,30). The van der Waals surface area contributed by atoms with E-state index in [0.29, 0.717) is 36.4 Å². The third-order valence-electron chi connectivity index (χ3n) is 5.59. The molecule has 3 aromatic rings. The third-order valence-corrected chi connectivity index (χ3v) is 5.83. The quantitative estimate of drug-likeness (QED) is 0.546. The van der Waals surface area contributed by atoms with Gasteiger partial charge in [-0.25, -0.2) is 0 Å². The van der Waals surface area contributed by atoms with E-state index < -0.39 is 0 Å². The fourth-order valence-corrected chi connectivity index (χ4v) is 4.07. The molecule has 1 saturated heterocycles. The second-order valence-electron chi connectivity index (χ2n) is 7.83. The second kappa shape index (κ2) is 10.6. The lowest BCUT2D eigenvalue weighted by Gasteiger charge is -2.30. The van der Waals surface area contributed by atoms with Crippen LogP contribution >= 0.6 is 11.6 Å². The summed E-state index contributed by atoms with van der Waals surface area (Å²) in [6, 6.07) is 15.2. The SMILES string of the molecule is CCOc1ccccc1CNC(=O)C1CCN(Cc2nc(-c3cccc(Cl)c3)no2)CC1. The largest absolute Gasteiger partial charge is 0.494 e. The number of para-hydroxylation sites is 1. The molecule has 1 fully saturated rings. The Morgan fingerprint density at radius 1 is 1.22 bits per heavy atom. The number of hydrogen-bond donors (Lipinski definition) is 1. The maximum atomic E-state index is 12.7. The van der Waals surface area contributed by atoms with Crippen LogP contribution in [0.4, 0.5) is 0 Å². The first-order valence-corrected chi connectivity index (χ1v) is 11.3. The van der Waals surface area contributed by atoms with Crippen LogP contribution in [0.5, 0.6) is 5.75 Å². The second-order valence-corrected chi connectivity index (χ2v) is 8.27. The number of nitrogens with zero attached hydrogens (tertiary/aromatic N) is 3. The highest BCUT2D eigenvalue weighted by Gasteiger charge is 2.26. The average Bonchev–Trinajstić information content (AvgIpc) is 3.27. The molecule has 0 aliphatic carbocycles. The van der Waals surface area contributed by atoms with Gasteiger partial charge in [0.25, 0.3) is 0 Å². The number of likely N-dealkylation sites (tertiary alicyclic amines) is 1. The minimum absolute atomic E-state index is 0.00946. The Morgan fingerprint density at radius 2 is 2.03 bits per heavy atom. The van der Waals surface area contributed by atoms with Crippen molar-refractivity contribution in [1.29, 1.82) is 0 Å². The van der Waals surface area contributed by atoms with Crippen LogP contribution in [-0.2, 0) is 17.9 Å². The van der Waals surface area contributed by atoms with Crippen molar-refractivity contribution in [2.45, 2.75) is 32.9 Å². The van der Waals surface area contributed by atoms with Crippen LogP contribution in [0.1, 0.15) is 31.2 Å². The number of halogens is 1. The first-order valence-electron chi connectivity index (χ1n) is 10.9. The zero-order valence-corrected chi connectivity index (χ0v) is 18.8. The predicted octanol–water partition coefficient (Wildman–Crippen LogP) is 4.32. The Hall–Kier alpha value is -2.90. The van der Waals surface area contributed by atoms with E-state index in [1.807, 2.05) is 55.5 Å². The monoisotopic (exact) mass is 454 g/mol. The summed E-state index contributed by atoms with van der Waals surface area (Å²) in [5.74, 6) is 2.02. The lowest BCUT2D eigenvalue weighted by atomic mass is 9.96. The van der Waals surface area contributed by atoms with E-state index >= 15 is 0 Å². The van der Waals surface area contributed by atoms with Crippen molar-refractivity contribution in [3.8, 4) is 17.1 Å². The first-order chi connectivity index (χ1) is 15.6. The van der Waals surface area contributed by atoms with Crippen LogP contribution in [0.15, 0.2) is 53.1 Å². The summed E-state index contributed by atoms with van der Waals surface area (Å²) in [7, 11) is 0. The van der Waals surface area contributed by atoms with Gasteiger partial charge in [0.2, 0.25) is 17.6 Å². The maximum Gasteiger partial charge on any atom is 0.241 e. The summed E-state index contributed by atoms with van der Waals surface area (Å²) < 4.78 is 11.1. The molecule has 2 heterocycles. The lowest BCUT2D eigenvalue weighted by molar-refractivity contribution is -0.126. The van der Waals surface area contributed by atoms with Crippen molar-refractivity contribution < 1.29 is 14.1 Å². The van der Waals surface area contributed by atoms with Crippen LogP contribution in [-0.4, -0.2) is 40.6 Å². The molecule has 2 aromatic carbocycles. The van der Waals surface area contributed by atoms with Crippen molar-refractivity contribution in [3.05, 3.63) is 65.0 Å². The fourth-order valence-electron chi connectivity index (χ4n) is 3.88. The molecular weight excluding hydrogens is 428 g/mol. The zero-order chi connectivity index (χ0) is 22.3. The molecule has 1 aliphatic heterocycles. The molecule has 1 amide bonds. The van der Waals surface area contributed by atoms with E-state index in [-0.39, 0.29) is 11.8 Å². The number of benzene rings is 2. The summed E-state index contributed by atoms with van der Waals surface area (Å²) in [6.07, 6.45) is 1.60. The van der Waals surface area contributed by atoms with Crippen LogP contribution < -0.4 is 10.1 Å². The Kier molecular flexibility index (Phi) is 7.39. The van der Waals surface area contributed by atoms with Gasteiger partial charge < -0.3 is 14.6 Å². The lowest BCUT2D eigenvalue weighted by Crippen LogP contribution is -2.40. The Balaban J connectivity index is 1.25. The molecule has 32 heavy (non-hydrogen) atoms. The molecule has 0 atom stereocenters. The fraction of sp³-hybridized carbons (Fsp3) is 0.375. The molecule has 168 valence electrons. The van der Waals surface area contributed by atoms with E-state index in [0.717, 1.165) is 42.8 Å². The normalized spacial score (nSPS) is 14.9. The molecule has 1 N–H and O–H groups in total. The summed E-state index contributed by atoms with van der Waals surface area (Å²) in [5.41, 5.74) is 1.82. The highest BCUT2D eigenvalue weighted by molar-refractivity contribution is 6.30. The number of rotatable bonds is 8. The summed E-state index contributed by atoms with van der Waals surface area (Å²) in [5, 5.41) is 7.77. The topological polar surface area (TPSA) is 80.5 Å². The number of carbonyl (C=O) groups excluding carboxylic acids is 1. The minimum atomic E-state index is 0.00946. The van der Waals surface area contributed by atoms with Gasteiger partial charge in [-0.3, -0.25) is 9.69 Å². The summed E-state index contributed by atoms with van der Waals surface area (Å²) in [4.78, 5) is 19.4. The van der Waals surface area contributed by atoms with Gasteiger partial charge in [0, 0.05) is 28.6 Å². The van der Waals surface area contributed by atoms with Gasteiger partial charge in [0.05, 0.1) is 13.2 Å². The molecular formula is C24H27ClN4O3. The molecule has 4 rings (SSSR count). The van der Waals surface area contributed by atoms with Gasteiger partial charge >= 0.3 is 0 Å². The Morgan fingerprint density at radius 3 is 2.81 bits per heavy atom. The molecule has 0 spiro atoms. The molecule has 0 saturated carbocycles. The van der Waals surface area contributed by atoms with Crippen molar-refractivity contribution >= 4 is 17.5 Å². The van der Waals surface area contributed by atoms with E-state index in [4.69, 9.17) is 20.9 Å². The Labute approximate surface area is 192 Å². The molecule has 7 nitrogen and oxygen atoms in total. The first kappa shape index (κ1) is 22.3. The van der Waals surface area contributed by atoms with Crippen molar-refractivity contribution in [3.63, 3.8) is 0 Å². The van der Waals surface area contributed by atoms with Gasteiger partial charge in [-0.2, -0.15) is 4.98 Å². The van der Waals surface area contributed by atoms with Gasteiger partial charge in [0.1, 0.15) is 5.75 Å². The number of hydrogen-bond acceptors (Lipinski definition) is 6. The number of piperidine rings is 1. The number of aromatic nitrogens is 2. The van der Waals surface area contributed by atoms with E-state index in [1.54, 1.807) is 0 Å². The Bertz CT molecular complexity index is 1050. The molecule has 0 bridgehead atoms. The predicted molar refractivity (Wildman–Crippen MR) is 122 cm³/mol. The summed E-state index contributed by atoms with van der Waals surface area (Å²) in [6.45, 7) is 5.22. The van der Waals surface area contributed by atoms with E-state index in [1.165, 1.54) is 0 Å². The molecule has 1 aromatic heterocycles. The molecule has 8 heteroatoms. The van der Waals surface area contributed by atoms with Crippen LogP contribution in [0.3, 0.4) is 0 Å². The van der Waals surface area contributed by atoms with Gasteiger partial charge in [-0.15, -0.1) is 0 Å². The van der Waals surface area contributed by atoms with Crippen LogP contribution in [0.25, 0.3) is 11.4 Å². The van der Waals surface area contributed by atoms with Gasteiger partial charge in [-0.05, 0) is 51.1 Å². The zero-order valence-electron chi connectivity index (χ0n) is 18.1. The third kappa shape index (κ3) is 5.66. The maximum absolute atomic E-state index is 12.7. The number of ether oxygens (including phenoxy) is 1. The molecule has 0 unspecified atom stereocenters. The molecule has 1 aliphatic rings.